The maximum absolute atomic E-state index is 11.4. The van der Waals surface area contributed by atoms with Gasteiger partial charge in [0, 0.05) is 11.6 Å². The van der Waals surface area contributed by atoms with E-state index in [9.17, 15) is 8.42 Å². The van der Waals surface area contributed by atoms with Crippen molar-refractivity contribution in [2.75, 3.05) is 12.3 Å². The fourth-order valence-electron chi connectivity index (χ4n) is 1.14. The number of hydrogen-bond acceptors (Lipinski definition) is 3. The maximum Gasteiger partial charge on any atom is 0.211 e. The molecule has 3 N–H and O–H groups in total. The number of nitrogens with two attached hydrogens (primary N) is 1. The highest BCUT2D eigenvalue weighted by atomic mass is 35.5. The summed E-state index contributed by atoms with van der Waals surface area (Å²) in [6.45, 7) is 0.659. The largest absolute Gasteiger partial charge is 0.330 e. The average molecular weight is 263 g/mol. The second kappa shape index (κ2) is 6.20. The van der Waals surface area contributed by atoms with E-state index in [1.54, 1.807) is 24.3 Å². The van der Waals surface area contributed by atoms with Crippen LogP contribution >= 0.6 is 11.6 Å². The van der Waals surface area contributed by atoms with Crippen LogP contribution in [0.1, 0.15) is 12.0 Å². The van der Waals surface area contributed by atoms with Crippen LogP contribution < -0.4 is 10.5 Å². The van der Waals surface area contributed by atoms with Gasteiger partial charge in [-0.25, -0.2) is 13.1 Å². The molecule has 0 radical (unpaired) electrons. The number of benzene rings is 1. The van der Waals surface area contributed by atoms with Gasteiger partial charge in [-0.2, -0.15) is 0 Å². The minimum absolute atomic E-state index is 0.0666. The van der Waals surface area contributed by atoms with Crippen LogP contribution in [0.4, 0.5) is 0 Å². The van der Waals surface area contributed by atoms with Crippen molar-refractivity contribution in [3.05, 3.63) is 34.9 Å². The number of nitrogens with one attached hydrogen (secondary N) is 1. The summed E-state index contributed by atoms with van der Waals surface area (Å²) in [5.41, 5.74) is 6.13. The molecule has 0 amide bonds. The minimum Gasteiger partial charge on any atom is -0.330 e. The Morgan fingerprint density at radius 3 is 2.44 bits per heavy atom. The first-order valence-corrected chi connectivity index (χ1v) is 6.98. The average Bonchev–Trinajstić information content (AvgIpc) is 2.26. The van der Waals surface area contributed by atoms with E-state index >= 15 is 0 Å². The van der Waals surface area contributed by atoms with Gasteiger partial charge in [-0.3, -0.25) is 0 Å². The lowest BCUT2D eigenvalue weighted by Gasteiger charge is -2.06. The summed E-state index contributed by atoms with van der Waals surface area (Å²) in [6.07, 6.45) is 0.468. The second-order valence-corrected chi connectivity index (χ2v) is 5.77. The van der Waals surface area contributed by atoms with Crippen molar-refractivity contribution in [3.8, 4) is 0 Å². The minimum atomic E-state index is -3.22. The summed E-state index contributed by atoms with van der Waals surface area (Å²) >= 11 is 5.72. The number of hydrogen-bond donors (Lipinski definition) is 2. The molecule has 0 spiro atoms. The van der Waals surface area contributed by atoms with Crippen LogP contribution in [0, 0.1) is 0 Å². The second-order valence-electron chi connectivity index (χ2n) is 3.41. The molecule has 0 fully saturated rings. The van der Waals surface area contributed by atoms with Crippen LogP contribution in [0.2, 0.25) is 5.02 Å². The molecule has 90 valence electrons. The predicted octanol–water partition coefficient (Wildman–Crippen LogP) is 1.11. The molecule has 1 aromatic rings. The maximum atomic E-state index is 11.4. The van der Waals surface area contributed by atoms with E-state index in [0.29, 0.717) is 18.0 Å². The molecule has 0 unspecified atom stereocenters. The van der Waals surface area contributed by atoms with Crippen LogP contribution in [0.25, 0.3) is 0 Å². The van der Waals surface area contributed by atoms with E-state index in [2.05, 4.69) is 4.72 Å². The molecule has 0 atom stereocenters. The highest BCUT2D eigenvalue weighted by molar-refractivity contribution is 7.89. The third-order valence-corrected chi connectivity index (χ3v) is 3.69. The summed E-state index contributed by atoms with van der Waals surface area (Å²) in [5, 5.41) is 0.634. The summed E-state index contributed by atoms with van der Waals surface area (Å²) in [5.74, 6) is 0.0666. The first kappa shape index (κ1) is 13.4. The van der Waals surface area contributed by atoms with Gasteiger partial charge in [0.15, 0.2) is 0 Å². The van der Waals surface area contributed by atoms with Crippen molar-refractivity contribution in [2.45, 2.75) is 13.0 Å². The zero-order valence-corrected chi connectivity index (χ0v) is 10.4. The SMILES string of the molecule is NCCCS(=O)(=O)NCc1ccc(Cl)cc1. The van der Waals surface area contributed by atoms with E-state index in [4.69, 9.17) is 17.3 Å². The molecule has 1 aromatic carbocycles. The van der Waals surface area contributed by atoms with Gasteiger partial charge in [0.1, 0.15) is 0 Å². The van der Waals surface area contributed by atoms with E-state index < -0.39 is 10.0 Å². The van der Waals surface area contributed by atoms with Crippen molar-refractivity contribution in [3.63, 3.8) is 0 Å². The molecule has 6 heteroatoms. The predicted molar refractivity (Wildman–Crippen MR) is 65.7 cm³/mol. The van der Waals surface area contributed by atoms with Gasteiger partial charge in [-0.05, 0) is 30.7 Å². The first-order chi connectivity index (χ1) is 7.53. The Morgan fingerprint density at radius 2 is 1.88 bits per heavy atom. The van der Waals surface area contributed by atoms with E-state index in [1.165, 1.54) is 0 Å². The Bertz CT molecular complexity index is 417. The molecule has 1 rings (SSSR count). The van der Waals surface area contributed by atoms with Gasteiger partial charge >= 0.3 is 0 Å². The third kappa shape index (κ3) is 4.94. The quantitative estimate of drug-likeness (QED) is 0.807. The Labute approximate surface area is 101 Å². The molecule has 0 heterocycles. The van der Waals surface area contributed by atoms with Crippen molar-refractivity contribution in [1.82, 2.24) is 4.72 Å². The highest BCUT2D eigenvalue weighted by Gasteiger charge is 2.08. The molecule has 0 saturated carbocycles. The molecule has 0 aliphatic carbocycles. The lowest BCUT2D eigenvalue weighted by molar-refractivity contribution is 0.579. The summed E-state index contributed by atoms with van der Waals surface area (Å²) in [4.78, 5) is 0. The first-order valence-electron chi connectivity index (χ1n) is 4.95. The molecule has 0 aliphatic heterocycles. The number of halogens is 1. The molecule has 4 nitrogen and oxygen atoms in total. The van der Waals surface area contributed by atoms with Gasteiger partial charge in [0.2, 0.25) is 10.0 Å². The zero-order valence-electron chi connectivity index (χ0n) is 8.82. The fraction of sp³-hybridized carbons (Fsp3) is 0.400. The third-order valence-electron chi connectivity index (χ3n) is 2.03. The molecule has 0 saturated heterocycles. The van der Waals surface area contributed by atoms with Gasteiger partial charge < -0.3 is 5.73 Å². The molecule has 16 heavy (non-hydrogen) atoms. The molecule has 0 bridgehead atoms. The van der Waals surface area contributed by atoms with E-state index in [-0.39, 0.29) is 12.3 Å². The number of sulfonamides is 1. The van der Waals surface area contributed by atoms with Gasteiger partial charge in [-0.15, -0.1) is 0 Å². The lowest BCUT2D eigenvalue weighted by atomic mass is 10.2. The monoisotopic (exact) mass is 262 g/mol. The highest BCUT2D eigenvalue weighted by Crippen LogP contribution is 2.09. The van der Waals surface area contributed by atoms with Gasteiger partial charge in [-0.1, -0.05) is 23.7 Å². The topological polar surface area (TPSA) is 72.2 Å². The molecular weight excluding hydrogens is 248 g/mol. The molecular formula is C10H15ClN2O2S. The standard InChI is InChI=1S/C10H15ClN2O2S/c11-10-4-2-9(3-5-10)8-13-16(14,15)7-1-6-12/h2-5,13H,1,6-8,12H2. The van der Waals surface area contributed by atoms with Crippen LogP contribution in [0.5, 0.6) is 0 Å². The van der Waals surface area contributed by atoms with Crippen LogP contribution in [0.3, 0.4) is 0 Å². The molecule has 0 aliphatic rings. The van der Waals surface area contributed by atoms with Crippen LogP contribution in [-0.4, -0.2) is 20.7 Å². The molecule has 0 aromatic heterocycles. The normalized spacial score (nSPS) is 11.6. The zero-order chi connectivity index (χ0) is 12.0. The summed E-state index contributed by atoms with van der Waals surface area (Å²) < 4.78 is 25.4. The van der Waals surface area contributed by atoms with Crippen molar-refractivity contribution < 1.29 is 8.42 Å². The fourth-order valence-corrected chi connectivity index (χ4v) is 2.34. The van der Waals surface area contributed by atoms with Crippen molar-refractivity contribution >= 4 is 21.6 Å². The van der Waals surface area contributed by atoms with E-state index in [0.717, 1.165) is 5.56 Å². The van der Waals surface area contributed by atoms with Crippen molar-refractivity contribution in [2.24, 2.45) is 5.73 Å². The van der Waals surface area contributed by atoms with Gasteiger partial charge in [0.25, 0.3) is 0 Å². The Hall–Kier alpha value is -0.620. The van der Waals surface area contributed by atoms with Crippen LogP contribution in [-0.2, 0) is 16.6 Å². The van der Waals surface area contributed by atoms with Gasteiger partial charge in [0.05, 0.1) is 5.75 Å². The lowest BCUT2D eigenvalue weighted by Crippen LogP contribution is -2.27. The smallest absolute Gasteiger partial charge is 0.211 e. The summed E-state index contributed by atoms with van der Waals surface area (Å²) in [6, 6.07) is 7.03. The van der Waals surface area contributed by atoms with Crippen LogP contribution in [0.15, 0.2) is 24.3 Å². The Morgan fingerprint density at radius 1 is 1.25 bits per heavy atom. The van der Waals surface area contributed by atoms with Crippen molar-refractivity contribution in [1.29, 1.82) is 0 Å². The Kier molecular flexibility index (Phi) is 5.21. The van der Waals surface area contributed by atoms with E-state index in [1.807, 2.05) is 0 Å². The summed E-state index contributed by atoms with van der Waals surface area (Å²) in [7, 11) is -3.22. The number of rotatable bonds is 6. The Balaban J connectivity index is 2.48.